The molecule has 7 heteroatoms. The molecule has 0 aliphatic heterocycles. The highest BCUT2D eigenvalue weighted by Gasteiger charge is 2.42. The molecule has 0 aromatic heterocycles. The Morgan fingerprint density at radius 1 is 1.75 bits per heavy atom. The third-order valence-corrected chi connectivity index (χ3v) is 1.42. The molecular weight excluding hydrogens is 168 g/mol. The van der Waals surface area contributed by atoms with Crippen LogP contribution < -0.4 is 5.84 Å². The molecule has 0 aliphatic carbocycles. The molecule has 7 nitrogen and oxygen atoms in total. The van der Waals surface area contributed by atoms with Crippen LogP contribution in [0, 0.1) is 0 Å². The van der Waals surface area contributed by atoms with E-state index in [1.165, 1.54) is 0 Å². The van der Waals surface area contributed by atoms with Gasteiger partial charge in [0.25, 0.3) is 0 Å². The zero-order valence-corrected chi connectivity index (χ0v) is 6.34. The number of aliphatic hydroxyl groups is 1. The van der Waals surface area contributed by atoms with Gasteiger partial charge in [-0.1, -0.05) is 0 Å². The van der Waals surface area contributed by atoms with Crippen molar-refractivity contribution in [2.24, 2.45) is 5.84 Å². The average Bonchev–Trinajstić information content (AvgIpc) is 1.86. The number of carbonyl (C=O) groups excluding carboxylic acids is 1. The summed E-state index contributed by atoms with van der Waals surface area (Å²) in [6.07, 6.45) is 0.0358. The molecule has 0 heterocycles. The fourth-order valence-corrected chi connectivity index (χ4v) is 0.579. The van der Waals surface area contributed by atoms with Crippen molar-refractivity contribution in [1.82, 2.24) is 5.17 Å². The van der Waals surface area contributed by atoms with Gasteiger partial charge in [0.1, 0.15) is 12.3 Å². The van der Waals surface area contributed by atoms with Crippen LogP contribution in [0.1, 0.15) is 6.92 Å². The lowest BCUT2D eigenvalue weighted by molar-refractivity contribution is -0.197. The zero-order valence-electron chi connectivity index (χ0n) is 6.34. The van der Waals surface area contributed by atoms with Crippen molar-refractivity contribution in [3.05, 3.63) is 0 Å². The van der Waals surface area contributed by atoms with Crippen LogP contribution in [0.5, 0.6) is 0 Å². The van der Waals surface area contributed by atoms with Gasteiger partial charge >= 0.3 is 5.97 Å². The van der Waals surface area contributed by atoms with E-state index in [1.54, 1.807) is 0 Å². The summed E-state index contributed by atoms with van der Waals surface area (Å²) >= 11 is 0. The molecule has 0 saturated heterocycles. The number of hydrogen-bond acceptors (Lipinski definition) is 6. The van der Waals surface area contributed by atoms with Crippen LogP contribution in [0.2, 0.25) is 0 Å². The lowest BCUT2D eigenvalue weighted by Gasteiger charge is -2.27. The lowest BCUT2D eigenvalue weighted by Crippen LogP contribution is -2.57. The molecule has 70 valence electrons. The highest BCUT2D eigenvalue weighted by Crippen LogP contribution is 2.11. The first kappa shape index (κ1) is 11.0. The second kappa shape index (κ2) is 3.59. The van der Waals surface area contributed by atoms with E-state index >= 15 is 0 Å². The number of nitrogens with zero attached hydrogens (tertiary/aromatic N) is 1. The topological polar surface area (TPSA) is 124 Å². The van der Waals surface area contributed by atoms with Gasteiger partial charge in [-0.25, -0.2) is 10.6 Å². The molecule has 2 unspecified atom stereocenters. The maximum Gasteiger partial charge on any atom is 0.337 e. The van der Waals surface area contributed by atoms with Gasteiger partial charge in [-0.15, -0.1) is 5.17 Å². The van der Waals surface area contributed by atoms with E-state index in [9.17, 15) is 9.59 Å². The van der Waals surface area contributed by atoms with Crippen LogP contribution in [0.4, 0.5) is 0 Å². The third kappa shape index (κ3) is 1.98. The summed E-state index contributed by atoms with van der Waals surface area (Å²) in [5.74, 6) is 3.06. The van der Waals surface area contributed by atoms with Crippen LogP contribution in [0.25, 0.3) is 0 Å². The summed E-state index contributed by atoms with van der Waals surface area (Å²) in [6, 6.07) is -1.70. The summed E-state index contributed by atoms with van der Waals surface area (Å²) in [4.78, 5) is 20.5. The first-order valence-electron chi connectivity index (χ1n) is 2.98. The molecule has 0 radical (unpaired) electrons. The molecular formula is C5H10N2O5. The number of carbonyl (C=O) groups is 2. The Morgan fingerprint density at radius 2 is 2.17 bits per heavy atom. The Kier molecular flexibility index (Phi) is 3.28. The molecule has 0 fully saturated rings. The Bertz CT molecular complexity index is 190. The molecule has 12 heavy (non-hydrogen) atoms. The number of aliphatic carboxylic acids is 1. The lowest BCUT2D eigenvalue weighted by atomic mass is 9.98. The zero-order chi connectivity index (χ0) is 9.94. The number of rotatable bonds is 4. The minimum Gasteiger partial charge on any atom is -0.479 e. The number of hydroxylamine groups is 1. The van der Waals surface area contributed by atoms with Gasteiger partial charge < -0.3 is 15.0 Å². The standard InChI is InChI=1S/C5H10N2O5/c1-5(11,4(9)10)3(2-8)7(6)12/h2-3,11-12H,6H2,1H3,(H,9,10). The minimum absolute atomic E-state index is 0.0358. The van der Waals surface area contributed by atoms with Crippen LogP contribution >= 0.6 is 0 Å². The number of carboxylic acids is 1. The van der Waals surface area contributed by atoms with Gasteiger partial charge in [0.05, 0.1) is 0 Å². The maximum absolute atomic E-state index is 10.3. The fraction of sp³-hybridized carbons (Fsp3) is 0.600. The van der Waals surface area contributed by atoms with Crippen molar-refractivity contribution < 1.29 is 25.0 Å². The molecule has 0 rings (SSSR count). The third-order valence-electron chi connectivity index (χ3n) is 1.42. The number of hydrogen-bond donors (Lipinski definition) is 4. The van der Waals surface area contributed by atoms with Crippen molar-refractivity contribution >= 4 is 12.3 Å². The van der Waals surface area contributed by atoms with E-state index in [4.69, 9.17) is 21.3 Å². The predicted molar refractivity (Wildman–Crippen MR) is 35.9 cm³/mol. The summed E-state index contributed by atoms with van der Waals surface area (Å²) in [5, 5.41) is 25.9. The van der Waals surface area contributed by atoms with Crippen LogP contribution in [0.3, 0.4) is 0 Å². The van der Waals surface area contributed by atoms with Crippen molar-refractivity contribution in [1.29, 1.82) is 0 Å². The monoisotopic (exact) mass is 178 g/mol. The number of carboxylic acid groups (broad SMARTS) is 1. The second-order valence-corrected chi connectivity index (χ2v) is 2.41. The molecule has 0 bridgehead atoms. The van der Waals surface area contributed by atoms with E-state index in [1.807, 2.05) is 0 Å². The predicted octanol–water partition coefficient (Wildman–Crippen LogP) is -2.05. The summed E-state index contributed by atoms with van der Waals surface area (Å²) < 4.78 is 0. The Labute approximate surface area is 67.9 Å². The van der Waals surface area contributed by atoms with Gasteiger partial charge in [-0.05, 0) is 6.92 Å². The van der Waals surface area contributed by atoms with E-state index in [0.717, 1.165) is 6.92 Å². The molecule has 0 saturated carbocycles. The quantitative estimate of drug-likeness (QED) is 0.222. The van der Waals surface area contributed by atoms with Gasteiger partial charge in [-0.3, -0.25) is 5.21 Å². The van der Waals surface area contributed by atoms with Crippen molar-refractivity contribution in [3.63, 3.8) is 0 Å². The van der Waals surface area contributed by atoms with E-state index in [0.29, 0.717) is 0 Å². The number of aldehydes is 1. The fourth-order valence-electron chi connectivity index (χ4n) is 0.579. The van der Waals surface area contributed by atoms with Crippen LogP contribution in [-0.2, 0) is 9.59 Å². The van der Waals surface area contributed by atoms with Crippen molar-refractivity contribution in [2.45, 2.75) is 18.6 Å². The van der Waals surface area contributed by atoms with E-state index in [2.05, 4.69) is 0 Å². The molecule has 0 aliphatic rings. The van der Waals surface area contributed by atoms with Crippen LogP contribution in [0.15, 0.2) is 0 Å². The smallest absolute Gasteiger partial charge is 0.337 e. The Hall–Kier alpha value is -1.02. The molecule has 5 N–H and O–H groups in total. The average molecular weight is 178 g/mol. The SMILES string of the molecule is CC(O)(C(=O)O)C(C=O)N(N)O. The van der Waals surface area contributed by atoms with Gasteiger partial charge in [0.15, 0.2) is 5.60 Å². The van der Waals surface area contributed by atoms with Crippen LogP contribution in [-0.4, -0.2) is 44.5 Å². The Balaban J connectivity index is 4.71. The van der Waals surface area contributed by atoms with Gasteiger partial charge in [0, 0.05) is 0 Å². The second-order valence-electron chi connectivity index (χ2n) is 2.41. The molecule has 0 aromatic rings. The van der Waals surface area contributed by atoms with E-state index < -0.39 is 17.6 Å². The molecule has 2 atom stereocenters. The first-order chi connectivity index (χ1) is 5.34. The first-order valence-corrected chi connectivity index (χ1v) is 2.98. The van der Waals surface area contributed by atoms with Gasteiger partial charge in [0.2, 0.25) is 0 Å². The molecule has 0 spiro atoms. The molecule has 0 amide bonds. The largest absolute Gasteiger partial charge is 0.479 e. The highest BCUT2D eigenvalue weighted by molar-refractivity contribution is 5.82. The van der Waals surface area contributed by atoms with Crippen molar-refractivity contribution in [3.8, 4) is 0 Å². The molecule has 0 aromatic carbocycles. The normalized spacial score (nSPS) is 18.4. The van der Waals surface area contributed by atoms with Gasteiger partial charge in [-0.2, -0.15) is 0 Å². The number of hydrazine groups is 1. The summed E-state index contributed by atoms with van der Waals surface area (Å²) in [5.41, 5.74) is -2.41. The van der Waals surface area contributed by atoms with Crippen molar-refractivity contribution in [2.75, 3.05) is 0 Å². The Morgan fingerprint density at radius 3 is 2.25 bits per heavy atom. The number of nitrogens with two attached hydrogens (primary N) is 1. The van der Waals surface area contributed by atoms with E-state index in [-0.39, 0.29) is 11.5 Å². The summed E-state index contributed by atoms with van der Waals surface area (Å²) in [6.45, 7) is 0.852. The minimum atomic E-state index is -2.41. The maximum atomic E-state index is 10.3. The highest BCUT2D eigenvalue weighted by atomic mass is 16.5. The summed E-state index contributed by atoms with van der Waals surface area (Å²) in [7, 11) is 0.